The Hall–Kier alpha value is -2.49. The van der Waals surface area contributed by atoms with Crippen molar-refractivity contribution < 1.29 is 4.79 Å². The third-order valence-electron chi connectivity index (χ3n) is 4.76. The van der Waals surface area contributed by atoms with Crippen LogP contribution in [-0.4, -0.2) is 19.0 Å². The number of nitrogen functional groups attached to an aromatic ring is 1. The molecule has 0 spiro atoms. The van der Waals surface area contributed by atoms with Gasteiger partial charge in [-0.2, -0.15) is 0 Å². The summed E-state index contributed by atoms with van der Waals surface area (Å²) in [6, 6.07) is 13.5. The number of hydrogen-bond donors (Lipinski definition) is 2. The number of carbonyl (C=O) groups is 1. The van der Waals surface area contributed by atoms with Gasteiger partial charge in [-0.3, -0.25) is 4.79 Å². The lowest BCUT2D eigenvalue weighted by atomic mass is 9.99. The van der Waals surface area contributed by atoms with Crippen LogP contribution in [0.15, 0.2) is 42.5 Å². The van der Waals surface area contributed by atoms with E-state index in [0.29, 0.717) is 11.3 Å². The molecular formula is C20H25N3O. The minimum absolute atomic E-state index is 0.121. The summed E-state index contributed by atoms with van der Waals surface area (Å²) in [5.41, 5.74) is 9.93. The first-order chi connectivity index (χ1) is 11.5. The van der Waals surface area contributed by atoms with Gasteiger partial charge in [0, 0.05) is 35.7 Å². The molecule has 1 saturated heterocycles. The van der Waals surface area contributed by atoms with E-state index >= 15 is 0 Å². The van der Waals surface area contributed by atoms with Crippen molar-refractivity contribution in [3.8, 4) is 0 Å². The van der Waals surface area contributed by atoms with Crippen molar-refractivity contribution in [2.45, 2.75) is 26.7 Å². The molecule has 1 amide bonds. The minimum Gasteiger partial charge on any atom is -0.399 e. The maximum absolute atomic E-state index is 12.5. The first-order valence-corrected chi connectivity index (χ1v) is 8.55. The number of piperidine rings is 1. The molecule has 3 rings (SSSR count). The normalized spacial score (nSPS) is 15.3. The smallest absolute Gasteiger partial charge is 0.256 e. The Morgan fingerprint density at radius 1 is 1.17 bits per heavy atom. The molecule has 4 heteroatoms. The molecule has 1 heterocycles. The van der Waals surface area contributed by atoms with E-state index in [0.717, 1.165) is 30.3 Å². The maximum atomic E-state index is 12.5. The highest BCUT2D eigenvalue weighted by atomic mass is 16.1. The lowest BCUT2D eigenvalue weighted by Gasteiger charge is -2.32. The number of amides is 1. The van der Waals surface area contributed by atoms with Gasteiger partial charge in [0.1, 0.15) is 0 Å². The number of nitrogens with one attached hydrogen (secondary N) is 1. The van der Waals surface area contributed by atoms with Crippen molar-refractivity contribution in [3.05, 3.63) is 53.6 Å². The molecule has 4 nitrogen and oxygen atoms in total. The lowest BCUT2D eigenvalue weighted by molar-refractivity contribution is 0.102. The van der Waals surface area contributed by atoms with Gasteiger partial charge in [-0.15, -0.1) is 0 Å². The predicted octanol–water partition coefficient (Wildman–Crippen LogP) is 4.07. The molecule has 1 aliphatic rings. The van der Waals surface area contributed by atoms with Crippen LogP contribution in [-0.2, 0) is 0 Å². The Morgan fingerprint density at radius 3 is 2.67 bits per heavy atom. The van der Waals surface area contributed by atoms with Crippen molar-refractivity contribution in [2.75, 3.05) is 29.0 Å². The molecular weight excluding hydrogens is 298 g/mol. The number of nitrogens with zero attached hydrogens (tertiary/aromatic N) is 1. The molecule has 0 aliphatic carbocycles. The summed E-state index contributed by atoms with van der Waals surface area (Å²) in [5, 5.41) is 2.99. The molecule has 3 N–H and O–H groups in total. The number of benzene rings is 2. The first-order valence-electron chi connectivity index (χ1n) is 8.55. The monoisotopic (exact) mass is 323 g/mol. The SMILES string of the molecule is Cc1ccc(N)cc1C(=O)Nc1cccc(N2CCC(C)CC2)c1. The van der Waals surface area contributed by atoms with Crippen LogP contribution < -0.4 is 16.0 Å². The van der Waals surface area contributed by atoms with Gasteiger partial charge in [-0.1, -0.05) is 19.1 Å². The van der Waals surface area contributed by atoms with Crippen LogP contribution >= 0.6 is 0 Å². The summed E-state index contributed by atoms with van der Waals surface area (Å²) < 4.78 is 0. The molecule has 2 aromatic carbocycles. The Labute approximate surface area is 143 Å². The van der Waals surface area contributed by atoms with Crippen LogP contribution in [0.25, 0.3) is 0 Å². The highest BCUT2D eigenvalue weighted by Gasteiger charge is 2.16. The molecule has 1 fully saturated rings. The second kappa shape index (κ2) is 6.95. The zero-order chi connectivity index (χ0) is 17.1. The fraction of sp³-hybridized carbons (Fsp3) is 0.350. The fourth-order valence-electron chi connectivity index (χ4n) is 3.13. The Balaban J connectivity index is 1.75. The molecule has 126 valence electrons. The van der Waals surface area contributed by atoms with Gasteiger partial charge >= 0.3 is 0 Å². The zero-order valence-corrected chi connectivity index (χ0v) is 14.4. The number of hydrogen-bond acceptors (Lipinski definition) is 3. The molecule has 0 aromatic heterocycles. The molecule has 24 heavy (non-hydrogen) atoms. The molecule has 1 aliphatic heterocycles. The van der Waals surface area contributed by atoms with Gasteiger partial charge < -0.3 is 16.0 Å². The van der Waals surface area contributed by atoms with Gasteiger partial charge in [0.15, 0.2) is 0 Å². The summed E-state index contributed by atoms with van der Waals surface area (Å²) in [7, 11) is 0. The van der Waals surface area contributed by atoms with Crippen molar-refractivity contribution in [1.82, 2.24) is 0 Å². The quantitative estimate of drug-likeness (QED) is 0.837. The van der Waals surface area contributed by atoms with Crippen LogP contribution in [0, 0.1) is 12.8 Å². The van der Waals surface area contributed by atoms with E-state index in [2.05, 4.69) is 29.3 Å². The number of anilines is 3. The van der Waals surface area contributed by atoms with E-state index in [4.69, 9.17) is 5.73 Å². The number of carbonyl (C=O) groups excluding carboxylic acids is 1. The number of rotatable bonds is 3. The highest BCUT2D eigenvalue weighted by molar-refractivity contribution is 6.06. The fourth-order valence-corrected chi connectivity index (χ4v) is 3.13. The van der Waals surface area contributed by atoms with E-state index in [9.17, 15) is 4.79 Å². The summed E-state index contributed by atoms with van der Waals surface area (Å²) in [5.74, 6) is 0.680. The summed E-state index contributed by atoms with van der Waals surface area (Å²) in [6.45, 7) is 6.38. The van der Waals surface area contributed by atoms with Gasteiger partial charge in [-0.25, -0.2) is 0 Å². The first kappa shape index (κ1) is 16.4. The Bertz CT molecular complexity index is 733. The summed E-state index contributed by atoms with van der Waals surface area (Å²) in [4.78, 5) is 14.9. The maximum Gasteiger partial charge on any atom is 0.256 e. The van der Waals surface area contributed by atoms with Crippen molar-refractivity contribution in [1.29, 1.82) is 0 Å². The van der Waals surface area contributed by atoms with Crippen LogP contribution in [0.2, 0.25) is 0 Å². The van der Waals surface area contributed by atoms with E-state index in [1.165, 1.54) is 18.5 Å². The molecule has 0 radical (unpaired) electrons. The Kier molecular flexibility index (Phi) is 4.74. The van der Waals surface area contributed by atoms with Crippen LogP contribution in [0.1, 0.15) is 35.7 Å². The van der Waals surface area contributed by atoms with E-state index in [1.54, 1.807) is 6.07 Å². The summed E-state index contributed by atoms with van der Waals surface area (Å²) in [6.07, 6.45) is 2.44. The number of aryl methyl sites for hydroxylation is 1. The van der Waals surface area contributed by atoms with E-state index < -0.39 is 0 Å². The van der Waals surface area contributed by atoms with Crippen molar-refractivity contribution in [2.24, 2.45) is 5.92 Å². The average Bonchev–Trinajstić information content (AvgIpc) is 2.58. The number of nitrogens with two attached hydrogens (primary N) is 1. The molecule has 0 bridgehead atoms. The Morgan fingerprint density at radius 2 is 1.92 bits per heavy atom. The largest absolute Gasteiger partial charge is 0.399 e. The molecule has 0 saturated carbocycles. The van der Waals surface area contributed by atoms with Gasteiger partial charge in [0.25, 0.3) is 5.91 Å². The topological polar surface area (TPSA) is 58.4 Å². The van der Waals surface area contributed by atoms with Crippen LogP contribution in [0.4, 0.5) is 17.1 Å². The average molecular weight is 323 g/mol. The molecule has 2 aromatic rings. The third kappa shape index (κ3) is 3.70. The second-order valence-corrected chi connectivity index (χ2v) is 6.75. The van der Waals surface area contributed by atoms with Gasteiger partial charge in [0.05, 0.1) is 0 Å². The van der Waals surface area contributed by atoms with Crippen LogP contribution in [0.5, 0.6) is 0 Å². The lowest BCUT2D eigenvalue weighted by Crippen LogP contribution is -2.32. The van der Waals surface area contributed by atoms with E-state index in [1.807, 2.05) is 31.2 Å². The van der Waals surface area contributed by atoms with Crippen LogP contribution in [0.3, 0.4) is 0 Å². The van der Waals surface area contributed by atoms with Crippen molar-refractivity contribution >= 4 is 23.0 Å². The predicted molar refractivity (Wildman–Crippen MR) is 101 cm³/mol. The third-order valence-corrected chi connectivity index (χ3v) is 4.76. The highest BCUT2D eigenvalue weighted by Crippen LogP contribution is 2.25. The second-order valence-electron chi connectivity index (χ2n) is 6.75. The summed E-state index contributed by atoms with van der Waals surface area (Å²) >= 11 is 0. The molecule has 0 atom stereocenters. The van der Waals surface area contributed by atoms with E-state index in [-0.39, 0.29) is 5.91 Å². The standard InChI is InChI=1S/C20H25N3O/c1-14-8-10-23(11-9-14)18-5-3-4-17(13-18)22-20(24)19-12-16(21)7-6-15(19)2/h3-7,12-14H,8-11,21H2,1-2H3,(H,22,24). The van der Waals surface area contributed by atoms with Gasteiger partial charge in [0.2, 0.25) is 0 Å². The van der Waals surface area contributed by atoms with Crippen molar-refractivity contribution in [3.63, 3.8) is 0 Å². The zero-order valence-electron chi connectivity index (χ0n) is 14.4. The minimum atomic E-state index is -0.121. The van der Waals surface area contributed by atoms with Gasteiger partial charge in [-0.05, 0) is 61.6 Å². The molecule has 0 unspecified atom stereocenters.